The van der Waals surface area contributed by atoms with E-state index in [4.69, 9.17) is 9.47 Å². The van der Waals surface area contributed by atoms with Crippen molar-refractivity contribution in [1.82, 2.24) is 9.47 Å². The summed E-state index contributed by atoms with van der Waals surface area (Å²) < 4.78 is 35.4. The molecule has 9 heteroatoms. The van der Waals surface area contributed by atoms with E-state index in [2.05, 4.69) is 0 Å². The fraction of sp³-hybridized carbons (Fsp3) is 0.400. The Morgan fingerprint density at radius 2 is 1.79 bits per heavy atom. The van der Waals surface area contributed by atoms with Crippen molar-refractivity contribution in [2.45, 2.75) is 30.8 Å². The van der Waals surface area contributed by atoms with Gasteiger partial charge in [-0.25, -0.2) is 13.2 Å². The summed E-state index contributed by atoms with van der Waals surface area (Å²) in [5.74, 6) is 0.466. The third-order valence-electron chi connectivity index (χ3n) is 4.70. The molecule has 0 N–H and O–H groups in total. The molecule has 0 radical (unpaired) electrons. The molecule has 8 nitrogen and oxygen atoms in total. The second-order valence-corrected chi connectivity index (χ2v) is 8.86. The Kier molecular flexibility index (Phi) is 6.26. The highest BCUT2D eigenvalue weighted by molar-refractivity contribution is 7.90. The van der Waals surface area contributed by atoms with E-state index in [1.807, 2.05) is 0 Å². The van der Waals surface area contributed by atoms with Crippen molar-refractivity contribution in [1.29, 1.82) is 0 Å². The van der Waals surface area contributed by atoms with Gasteiger partial charge in [-0.2, -0.15) is 0 Å². The van der Waals surface area contributed by atoms with Crippen LogP contribution in [0.5, 0.6) is 5.75 Å². The molecule has 2 aromatic rings. The monoisotopic (exact) mass is 420 g/mol. The van der Waals surface area contributed by atoms with Gasteiger partial charge in [0.1, 0.15) is 11.9 Å². The van der Waals surface area contributed by atoms with Gasteiger partial charge in [0.15, 0.2) is 9.84 Å². The maximum atomic E-state index is 12.5. The van der Waals surface area contributed by atoms with Gasteiger partial charge in [0.05, 0.1) is 11.5 Å². The number of hydrogen-bond acceptors (Lipinski definition) is 6. The Morgan fingerprint density at radius 1 is 1.14 bits per heavy atom. The number of hydrogen-bond donors (Lipinski definition) is 0. The number of likely N-dealkylation sites (tertiary alicyclic amines) is 1. The standard InChI is InChI=1S/C20H24N2O6S/c1-3-27-20(24)21-11-8-16(9-12-21)28-17-10-13-22(19(23)14-17)15-4-6-18(7-5-15)29(2,25)26/h4-7,10,13-14,16H,3,8-9,11-12H2,1-2H3. The number of benzene rings is 1. The minimum absolute atomic E-state index is 0.0787. The number of piperidine rings is 1. The van der Waals surface area contributed by atoms with Gasteiger partial charge in [-0.05, 0) is 37.3 Å². The number of ether oxygens (including phenoxy) is 2. The minimum atomic E-state index is -3.29. The largest absolute Gasteiger partial charge is 0.490 e. The average Bonchev–Trinajstić information content (AvgIpc) is 2.68. The number of carbonyl (C=O) groups excluding carboxylic acids is 1. The molecule has 1 fully saturated rings. The maximum Gasteiger partial charge on any atom is 0.409 e. The first kappa shape index (κ1) is 20.9. The van der Waals surface area contributed by atoms with E-state index in [0.29, 0.717) is 44.0 Å². The van der Waals surface area contributed by atoms with E-state index >= 15 is 0 Å². The zero-order chi connectivity index (χ0) is 21.0. The molecule has 1 aliphatic rings. The van der Waals surface area contributed by atoms with Crippen LogP contribution in [0, 0.1) is 0 Å². The Labute approximate surface area is 169 Å². The first-order chi connectivity index (χ1) is 13.8. The topological polar surface area (TPSA) is 94.9 Å². The minimum Gasteiger partial charge on any atom is -0.490 e. The van der Waals surface area contributed by atoms with Crippen LogP contribution in [0.4, 0.5) is 4.79 Å². The molecule has 3 rings (SSSR count). The fourth-order valence-corrected chi connectivity index (χ4v) is 3.80. The molecule has 0 unspecified atom stereocenters. The Bertz CT molecular complexity index is 1020. The van der Waals surface area contributed by atoms with E-state index in [-0.39, 0.29) is 22.7 Å². The molecule has 0 saturated carbocycles. The summed E-state index contributed by atoms with van der Waals surface area (Å²) in [5.41, 5.74) is 0.287. The van der Waals surface area contributed by atoms with Gasteiger partial charge in [0.2, 0.25) is 0 Å². The molecule has 1 aromatic carbocycles. The van der Waals surface area contributed by atoms with E-state index in [1.54, 1.807) is 36.2 Å². The third kappa shape index (κ3) is 5.17. The number of sulfone groups is 1. The van der Waals surface area contributed by atoms with Crippen molar-refractivity contribution in [3.63, 3.8) is 0 Å². The van der Waals surface area contributed by atoms with Crippen LogP contribution in [0.3, 0.4) is 0 Å². The van der Waals surface area contributed by atoms with Gasteiger partial charge < -0.3 is 14.4 Å². The Morgan fingerprint density at radius 3 is 2.34 bits per heavy atom. The van der Waals surface area contributed by atoms with E-state index < -0.39 is 9.84 Å². The van der Waals surface area contributed by atoms with Crippen molar-refractivity contribution in [2.75, 3.05) is 26.0 Å². The highest BCUT2D eigenvalue weighted by atomic mass is 32.2. The number of aromatic nitrogens is 1. The molecule has 1 aliphatic heterocycles. The van der Waals surface area contributed by atoms with E-state index in [1.165, 1.54) is 22.8 Å². The lowest BCUT2D eigenvalue weighted by Gasteiger charge is -2.31. The van der Waals surface area contributed by atoms with Gasteiger partial charge in [-0.3, -0.25) is 9.36 Å². The summed E-state index contributed by atoms with van der Waals surface area (Å²) in [6, 6.07) is 9.22. The second kappa shape index (κ2) is 8.69. The predicted molar refractivity (Wildman–Crippen MR) is 107 cm³/mol. The highest BCUT2D eigenvalue weighted by Gasteiger charge is 2.24. The van der Waals surface area contributed by atoms with Crippen LogP contribution in [0.1, 0.15) is 19.8 Å². The lowest BCUT2D eigenvalue weighted by Crippen LogP contribution is -2.42. The first-order valence-electron chi connectivity index (χ1n) is 9.39. The van der Waals surface area contributed by atoms with Gasteiger partial charge >= 0.3 is 6.09 Å². The second-order valence-electron chi connectivity index (χ2n) is 6.84. The van der Waals surface area contributed by atoms with Crippen LogP contribution in [0.15, 0.2) is 52.3 Å². The number of carbonyl (C=O) groups is 1. The summed E-state index contributed by atoms with van der Waals surface area (Å²) in [6.45, 7) is 3.22. The van der Waals surface area contributed by atoms with Crippen LogP contribution in [0.25, 0.3) is 5.69 Å². The first-order valence-corrected chi connectivity index (χ1v) is 11.3. The molecule has 1 amide bonds. The molecule has 29 heavy (non-hydrogen) atoms. The van der Waals surface area contributed by atoms with Crippen molar-refractivity contribution >= 4 is 15.9 Å². The highest BCUT2D eigenvalue weighted by Crippen LogP contribution is 2.19. The zero-order valence-corrected chi connectivity index (χ0v) is 17.2. The lowest BCUT2D eigenvalue weighted by atomic mass is 10.1. The van der Waals surface area contributed by atoms with Crippen molar-refractivity contribution < 1.29 is 22.7 Å². The van der Waals surface area contributed by atoms with Crippen molar-refractivity contribution in [3.8, 4) is 11.4 Å². The van der Waals surface area contributed by atoms with Crippen LogP contribution >= 0.6 is 0 Å². The number of amides is 1. The molecule has 156 valence electrons. The van der Waals surface area contributed by atoms with Gasteiger partial charge in [0.25, 0.3) is 5.56 Å². The predicted octanol–water partition coefficient (Wildman–Crippen LogP) is 2.24. The zero-order valence-electron chi connectivity index (χ0n) is 16.4. The third-order valence-corrected chi connectivity index (χ3v) is 5.83. The summed E-state index contributed by atoms with van der Waals surface area (Å²) in [5, 5.41) is 0. The van der Waals surface area contributed by atoms with Crippen LogP contribution in [0.2, 0.25) is 0 Å². The maximum absolute atomic E-state index is 12.5. The lowest BCUT2D eigenvalue weighted by molar-refractivity contribution is 0.0702. The normalized spacial score (nSPS) is 15.2. The SMILES string of the molecule is CCOC(=O)N1CCC(Oc2ccn(-c3ccc(S(C)(=O)=O)cc3)c(=O)c2)CC1. The van der Waals surface area contributed by atoms with Gasteiger partial charge in [0, 0.05) is 50.1 Å². The smallest absolute Gasteiger partial charge is 0.409 e. The quantitative estimate of drug-likeness (QED) is 0.736. The molecular weight excluding hydrogens is 396 g/mol. The van der Waals surface area contributed by atoms with E-state index in [0.717, 1.165) is 6.26 Å². The summed E-state index contributed by atoms with van der Waals surface area (Å²) in [6.07, 6.45) is 3.67. The number of pyridine rings is 1. The van der Waals surface area contributed by atoms with Crippen LogP contribution in [-0.4, -0.2) is 56.0 Å². The van der Waals surface area contributed by atoms with Crippen LogP contribution in [-0.2, 0) is 14.6 Å². The fourth-order valence-electron chi connectivity index (χ4n) is 3.16. The molecule has 1 aromatic heterocycles. The molecule has 2 heterocycles. The molecule has 0 spiro atoms. The molecule has 0 bridgehead atoms. The Balaban J connectivity index is 1.65. The van der Waals surface area contributed by atoms with Crippen molar-refractivity contribution in [2.24, 2.45) is 0 Å². The van der Waals surface area contributed by atoms with Gasteiger partial charge in [-0.15, -0.1) is 0 Å². The van der Waals surface area contributed by atoms with E-state index in [9.17, 15) is 18.0 Å². The molecule has 0 aliphatic carbocycles. The molecule has 0 atom stereocenters. The number of rotatable bonds is 5. The van der Waals surface area contributed by atoms with Gasteiger partial charge in [-0.1, -0.05) is 0 Å². The summed E-state index contributed by atoms with van der Waals surface area (Å²) >= 11 is 0. The van der Waals surface area contributed by atoms with Crippen LogP contribution < -0.4 is 10.3 Å². The van der Waals surface area contributed by atoms with Crippen molar-refractivity contribution in [3.05, 3.63) is 52.9 Å². The summed E-state index contributed by atoms with van der Waals surface area (Å²) in [7, 11) is -3.29. The molecule has 1 saturated heterocycles. The molecular formula is C20H24N2O6S. The number of nitrogens with zero attached hydrogens (tertiary/aromatic N) is 2. The average molecular weight is 420 g/mol. The summed E-state index contributed by atoms with van der Waals surface area (Å²) in [4.78, 5) is 26.1. The Hall–Kier alpha value is -2.81.